The summed E-state index contributed by atoms with van der Waals surface area (Å²) in [4.78, 5) is 14.3. The quantitative estimate of drug-likeness (QED) is 0.469. The van der Waals surface area contributed by atoms with Gasteiger partial charge in [-0.25, -0.2) is 0 Å². The molecule has 0 radical (unpaired) electrons. The van der Waals surface area contributed by atoms with Crippen molar-refractivity contribution in [3.05, 3.63) is 35.4 Å². The molecule has 2 aliphatic rings. The highest BCUT2D eigenvalue weighted by Gasteiger charge is 2.35. The number of rotatable bonds is 9. The third kappa shape index (κ3) is 6.89. The highest BCUT2D eigenvalue weighted by Crippen LogP contribution is 2.37. The van der Waals surface area contributed by atoms with Crippen LogP contribution < -0.4 is 0 Å². The van der Waals surface area contributed by atoms with E-state index in [-0.39, 0.29) is 5.97 Å². The molecule has 0 spiro atoms. The van der Waals surface area contributed by atoms with Crippen LogP contribution in [0.25, 0.3) is 0 Å². The highest BCUT2D eigenvalue weighted by molar-refractivity contribution is 5.69. The Morgan fingerprint density at radius 2 is 1.61 bits per heavy atom. The summed E-state index contributed by atoms with van der Waals surface area (Å²) in [5.74, 6) is 1.77. The summed E-state index contributed by atoms with van der Waals surface area (Å²) in [6, 6.07) is 8.94. The Hall–Kier alpha value is -1.39. The SMILES string of the molecule is CC(C)(C)OC(=O)CCOCCc1ccc(CCN2C[C@H]3CCC[C@H]3C2)cc1. The molecular formula is C24H37NO3. The Labute approximate surface area is 170 Å². The Morgan fingerprint density at radius 3 is 2.21 bits per heavy atom. The van der Waals surface area contributed by atoms with Gasteiger partial charge in [0.25, 0.3) is 0 Å². The first-order valence-electron chi connectivity index (χ1n) is 11.0. The zero-order chi connectivity index (χ0) is 20.0. The standard InChI is InChI=1S/C24H37NO3/c1-24(2,3)28-23(26)13-16-27-15-12-20-9-7-19(8-10-20)11-14-25-17-21-5-4-6-22(21)18-25/h7-10,21-22H,4-6,11-18H2,1-3H3/t21-,22+. The smallest absolute Gasteiger partial charge is 0.308 e. The van der Waals surface area contributed by atoms with E-state index >= 15 is 0 Å². The van der Waals surface area contributed by atoms with E-state index in [0.29, 0.717) is 19.6 Å². The lowest BCUT2D eigenvalue weighted by Crippen LogP contribution is -2.24. The summed E-state index contributed by atoms with van der Waals surface area (Å²) < 4.78 is 10.9. The first kappa shape index (κ1) is 21.3. The zero-order valence-corrected chi connectivity index (χ0v) is 17.9. The molecule has 1 saturated heterocycles. The Bertz CT molecular complexity index is 608. The molecule has 1 aromatic rings. The summed E-state index contributed by atoms with van der Waals surface area (Å²) >= 11 is 0. The van der Waals surface area contributed by atoms with E-state index in [1.807, 2.05) is 20.8 Å². The lowest BCUT2D eigenvalue weighted by molar-refractivity contribution is -0.156. The largest absolute Gasteiger partial charge is 0.460 e. The molecule has 0 amide bonds. The van der Waals surface area contributed by atoms with Gasteiger partial charge in [-0.15, -0.1) is 0 Å². The van der Waals surface area contributed by atoms with Gasteiger partial charge in [0.2, 0.25) is 0 Å². The molecule has 28 heavy (non-hydrogen) atoms. The molecular weight excluding hydrogens is 350 g/mol. The minimum atomic E-state index is -0.424. The van der Waals surface area contributed by atoms with E-state index < -0.39 is 5.60 Å². The van der Waals surface area contributed by atoms with Gasteiger partial charge in [0, 0.05) is 19.6 Å². The molecule has 1 saturated carbocycles. The fraction of sp³-hybridized carbons (Fsp3) is 0.708. The van der Waals surface area contributed by atoms with Crippen molar-refractivity contribution in [2.45, 2.75) is 64.9 Å². The molecule has 1 aromatic carbocycles. The predicted molar refractivity (Wildman–Crippen MR) is 112 cm³/mol. The van der Waals surface area contributed by atoms with Crippen LogP contribution in [0, 0.1) is 11.8 Å². The van der Waals surface area contributed by atoms with Crippen LogP contribution >= 0.6 is 0 Å². The highest BCUT2D eigenvalue weighted by atomic mass is 16.6. The number of ether oxygens (including phenoxy) is 2. The van der Waals surface area contributed by atoms with Gasteiger partial charge in [0.1, 0.15) is 5.60 Å². The summed E-state index contributed by atoms with van der Waals surface area (Å²) in [7, 11) is 0. The van der Waals surface area contributed by atoms with Gasteiger partial charge < -0.3 is 14.4 Å². The number of fused-ring (bicyclic) bond motifs is 1. The third-order valence-electron chi connectivity index (χ3n) is 5.95. The molecule has 0 aromatic heterocycles. The van der Waals surface area contributed by atoms with Gasteiger partial charge in [-0.05, 0) is 69.4 Å². The first-order valence-corrected chi connectivity index (χ1v) is 11.0. The topological polar surface area (TPSA) is 38.8 Å². The van der Waals surface area contributed by atoms with Gasteiger partial charge in [-0.3, -0.25) is 4.79 Å². The molecule has 0 unspecified atom stereocenters. The van der Waals surface area contributed by atoms with Crippen LogP contribution in [0.5, 0.6) is 0 Å². The molecule has 1 heterocycles. The second-order valence-electron chi connectivity index (χ2n) is 9.48. The van der Waals surface area contributed by atoms with Crippen molar-refractivity contribution in [3.63, 3.8) is 0 Å². The average Bonchev–Trinajstić information content (AvgIpc) is 3.21. The Balaban J connectivity index is 1.28. The fourth-order valence-corrected chi connectivity index (χ4v) is 4.51. The van der Waals surface area contributed by atoms with Crippen LogP contribution in [0.4, 0.5) is 0 Å². The summed E-state index contributed by atoms with van der Waals surface area (Å²) in [5.41, 5.74) is 2.29. The van der Waals surface area contributed by atoms with Crippen LogP contribution in [-0.4, -0.2) is 49.3 Å². The number of hydrogen-bond donors (Lipinski definition) is 0. The van der Waals surface area contributed by atoms with E-state index in [1.165, 1.54) is 50.0 Å². The van der Waals surface area contributed by atoms with Gasteiger partial charge in [-0.1, -0.05) is 30.7 Å². The second kappa shape index (κ2) is 9.89. The average molecular weight is 388 g/mol. The van der Waals surface area contributed by atoms with Gasteiger partial charge >= 0.3 is 5.97 Å². The molecule has 2 fully saturated rings. The Kier molecular flexibility index (Phi) is 7.53. The van der Waals surface area contributed by atoms with Crippen molar-refractivity contribution >= 4 is 5.97 Å². The lowest BCUT2D eigenvalue weighted by Gasteiger charge is -2.19. The van der Waals surface area contributed by atoms with E-state index in [9.17, 15) is 4.79 Å². The van der Waals surface area contributed by atoms with Crippen molar-refractivity contribution < 1.29 is 14.3 Å². The van der Waals surface area contributed by atoms with E-state index in [0.717, 1.165) is 24.7 Å². The van der Waals surface area contributed by atoms with Crippen molar-refractivity contribution in [3.8, 4) is 0 Å². The van der Waals surface area contributed by atoms with Crippen LogP contribution in [0.15, 0.2) is 24.3 Å². The molecule has 1 aliphatic heterocycles. The summed E-state index contributed by atoms with van der Waals surface area (Å²) in [6.07, 6.45) is 6.70. The number of hydrogen-bond acceptors (Lipinski definition) is 4. The normalized spacial score (nSPS) is 22.4. The van der Waals surface area contributed by atoms with Gasteiger partial charge in [-0.2, -0.15) is 0 Å². The molecule has 4 heteroatoms. The third-order valence-corrected chi connectivity index (χ3v) is 5.95. The van der Waals surface area contributed by atoms with Crippen LogP contribution in [0.2, 0.25) is 0 Å². The molecule has 1 aliphatic carbocycles. The minimum absolute atomic E-state index is 0.196. The van der Waals surface area contributed by atoms with Gasteiger partial charge in [0.05, 0.1) is 19.6 Å². The molecule has 156 valence electrons. The predicted octanol–water partition coefficient (Wildman–Crippen LogP) is 4.25. The van der Waals surface area contributed by atoms with Crippen molar-refractivity contribution in [1.29, 1.82) is 0 Å². The van der Waals surface area contributed by atoms with Crippen molar-refractivity contribution in [2.75, 3.05) is 32.8 Å². The molecule has 3 rings (SSSR count). The van der Waals surface area contributed by atoms with Crippen LogP contribution in [-0.2, 0) is 27.1 Å². The van der Waals surface area contributed by atoms with Crippen LogP contribution in [0.1, 0.15) is 57.6 Å². The molecule has 2 atom stereocenters. The maximum absolute atomic E-state index is 11.6. The number of carbonyl (C=O) groups excluding carboxylic acids is 1. The Morgan fingerprint density at radius 1 is 1.00 bits per heavy atom. The monoisotopic (exact) mass is 387 g/mol. The number of carbonyl (C=O) groups is 1. The fourth-order valence-electron chi connectivity index (χ4n) is 4.51. The van der Waals surface area contributed by atoms with E-state index in [1.54, 1.807) is 0 Å². The number of benzene rings is 1. The molecule has 0 bridgehead atoms. The second-order valence-corrected chi connectivity index (χ2v) is 9.48. The maximum Gasteiger partial charge on any atom is 0.308 e. The van der Waals surface area contributed by atoms with E-state index in [4.69, 9.17) is 9.47 Å². The zero-order valence-electron chi connectivity index (χ0n) is 17.9. The number of nitrogens with zero attached hydrogens (tertiary/aromatic N) is 1. The lowest BCUT2D eigenvalue weighted by atomic mass is 10.0. The maximum atomic E-state index is 11.6. The minimum Gasteiger partial charge on any atom is -0.460 e. The van der Waals surface area contributed by atoms with E-state index in [2.05, 4.69) is 29.2 Å². The first-order chi connectivity index (χ1) is 13.4. The van der Waals surface area contributed by atoms with Gasteiger partial charge in [0.15, 0.2) is 0 Å². The van der Waals surface area contributed by atoms with Crippen molar-refractivity contribution in [1.82, 2.24) is 4.90 Å². The molecule has 4 nitrogen and oxygen atoms in total. The van der Waals surface area contributed by atoms with Crippen molar-refractivity contribution in [2.24, 2.45) is 11.8 Å². The van der Waals surface area contributed by atoms with Crippen LogP contribution in [0.3, 0.4) is 0 Å². The molecule has 0 N–H and O–H groups in total. The number of esters is 1. The summed E-state index contributed by atoms with van der Waals surface area (Å²) in [6.45, 7) is 10.5. The summed E-state index contributed by atoms with van der Waals surface area (Å²) in [5, 5.41) is 0. The number of likely N-dealkylation sites (tertiary alicyclic amines) is 1.